The van der Waals surface area contributed by atoms with Gasteiger partial charge in [-0.25, -0.2) is 4.39 Å². The van der Waals surface area contributed by atoms with E-state index in [1.807, 2.05) is 24.3 Å². The van der Waals surface area contributed by atoms with E-state index in [0.29, 0.717) is 11.3 Å². The number of benzene rings is 2. The Morgan fingerprint density at radius 2 is 1.89 bits per heavy atom. The van der Waals surface area contributed by atoms with Gasteiger partial charge in [0, 0.05) is 12.1 Å². The molecule has 0 bridgehead atoms. The number of rotatable bonds is 2. The number of methoxy groups -OCH3 is 1. The summed E-state index contributed by atoms with van der Waals surface area (Å²) < 4.78 is 19.4. The fourth-order valence-electron chi connectivity index (χ4n) is 2.64. The molecule has 3 rings (SSSR count). The molecule has 98 valence electrons. The molecule has 2 nitrogen and oxygen atoms in total. The third kappa shape index (κ3) is 2.10. The molecule has 2 aromatic rings. The van der Waals surface area contributed by atoms with E-state index in [2.05, 4.69) is 11.4 Å². The van der Waals surface area contributed by atoms with Gasteiger partial charge in [0.2, 0.25) is 0 Å². The Morgan fingerprint density at radius 1 is 1.11 bits per heavy atom. The standard InChI is InChI=1S/C16H16FNO/c1-19-15-7-3-6-13(16(15)17)12-5-2-4-11-8-9-18-10-14(11)12/h2-7,18H,8-10H2,1H3. The molecule has 0 aromatic heterocycles. The molecule has 0 saturated carbocycles. The summed E-state index contributed by atoms with van der Waals surface area (Å²) in [5, 5.41) is 3.35. The molecule has 19 heavy (non-hydrogen) atoms. The Bertz CT molecular complexity index is 610. The molecule has 0 saturated heterocycles. The fourth-order valence-corrected chi connectivity index (χ4v) is 2.64. The molecule has 2 aromatic carbocycles. The van der Waals surface area contributed by atoms with Gasteiger partial charge in [-0.15, -0.1) is 0 Å². The molecule has 0 atom stereocenters. The van der Waals surface area contributed by atoms with Crippen molar-refractivity contribution in [1.82, 2.24) is 5.32 Å². The Morgan fingerprint density at radius 3 is 2.74 bits per heavy atom. The van der Waals surface area contributed by atoms with Gasteiger partial charge in [-0.2, -0.15) is 0 Å². The average Bonchev–Trinajstić information content (AvgIpc) is 2.47. The van der Waals surface area contributed by atoms with Crippen molar-refractivity contribution >= 4 is 0 Å². The van der Waals surface area contributed by atoms with Crippen LogP contribution in [0, 0.1) is 5.82 Å². The van der Waals surface area contributed by atoms with Gasteiger partial charge < -0.3 is 10.1 Å². The lowest BCUT2D eigenvalue weighted by molar-refractivity contribution is 0.387. The number of ether oxygens (including phenoxy) is 1. The molecular formula is C16H16FNO. The molecule has 0 aliphatic carbocycles. The zero-order valence-corrected chi connectivity index (χ0v) is 10.9. The summed E-state index contributed by atoms with van der Waals surface area (Å²) >= 11 is 0. The van der Waals surface area contributed by atoms with E-state index >= 15 is 0 Å². The maximum atomic E-state index is 14.4. The van der Waals surface area contributed by atoms with E-state index in [0.717, 1.165) is 25.1 Å². The number of halogens is 1. The van der Waals surface area contributed by atoms with Gasteiger partial charge in [0.15, 0.2) is 11.6 Å². The second-order valence-electron chi connectivity index (χ2n) is 4.69. The highest BCUT2D eigenvalue weighted by molar-refractivity contribution is 5.71. The van der Waals surface area contributed by atoms with Crippen molar-refractivity contribution in [2.45, 2.75) is 13.0 Å². The first kappa shape index (κ1) is 12.2. The van der Waals surface area contributed by atoms with Gasteiger partial charge in [0.25, 0.3) is 0 Å². The number of fused-ring (bicyclic) bond motifs is 1. The van der Waals surface area contributed by atoms with Crippen LogP contribution in [0.15, 0.2) is 36.4 Å². The topological polar surface area (TPSA) is 21.3 Å². The normalized spacial score (nSPS) is 14.0. The van der Waals surface area contributed by atoms with Crippen molar-refractivity contribution < 1.29 is 9.13 Å². The monoisotopic (exact) mass is 257 g/mol. The van der Waals surface area contributed by atoms with Gasteiger partial charge in [0.1, 0.15) is 0 Å². The lowest BCUT2D eigenvalue weighted by Gasteiger charge is -2.21. The van der Waals surface area contributed by atoms with Crippen LogP contribution in [0.3, 0.4) is 0 Å². The van der Waals surface area contributed by atoms with Crippen molar-refractivity contribution in [3.05, 3.63) is 53.3 Å². The maximum Gasteiger partial charge on any atom is 0.172 e. The lowest BCUT2D eigenvalue weighted by Crippen LogP contribution is -2.24. The van der Waals surface area contributed by atoms with Gasteiger partial charge in [-0.1, -0.05) is 30.3 Å². The summed E-state index contributed by atoms with van der Waals surface area (Å²) in [6, 6.07) is 11.4. The highest BCUT2D eigenvalue weighted by Crippen LogP contribution is 2.33. The van der Waals surface area contributed by atoms with E-state index in [4.69, 9.17) is 4.74 Å². The summed E-state index contributed by atoms with van der Waals surface area (Å²) in [6.45, 7) is 1.78. The SMILES string of the molecule is COc1cccc(-c2cccc3c2CNCC3)c1F. The largest absolute Gasteiger partial charge is 0.494 e. The summed E-state index contributed by atoms with van der Waals surface area (Å²) in [4.78, 5) is 0. The number of hydrogen-bond acceptors (Lipinski definition) is 2. The Labute approximate surface area is 112 Å². The van der Waals surface area contributed by atoms with Crippen LogP contribution >= 0.6 is 0 Å². The fraction of sp³-hybridized carbons (Fsp3) is 0.250. The van der Waals surface area contributed by atoms with Crippen LogP contribution in [0.1, 0.15) is 11.1 Å². The molecule has 1 aliphatic heterocycles. The van der Waals surface area contributed by atoms with Crippen LogP contribution in [0.25, 0.3) is 11.1 Å². The highest BCUT2D eigenvalue weighted by atomic mass is 19.1. The zero-order valence-electron chi connectivity index (χ0n) is 10.9. The molecule has 3 heteroatoms. The lowest BCUT2D eigenvalue weighted by atomic mass is 9.91. The van der Waals surface area contributed by atoms with Gasteiger partial charge in [-0.3, -0.25) is 0 Å². The first-order valence-corrected chi connectivity index (χ1v) is 6.45. The average molecular weight is 257 g/mol. The van der Waals surface area contributed by atoms with Gasteiger partial charge in [0.05, 0.1) is 7.11 Å². The van der Waals surface area contributed by atoms with E-state index in [-0.39, 0.29) is 5.82 Å². The molecule has 0 fully saturated rings. The van der Waals surface area contributed by atoms with Crippen molar-refractivity contribution in [2.75, 3.05) is 13.7 Å². The van der Waals surface area contributed by atoms with Crippen molar-refractivity contribution in [1.29, 1.82) is 0 Å². The molecule has 0 amide bonds. The third-order valence-corrected chi connectivity index (χ3v) is 3.62. The van der Waals surface area contributed by atoms with E-state index < -0.39 is 0 Å². The maximum absolute atomic E-state index is 14.4. The second kappa shape index (κ2) is 5.02. The first-order chi connectivity index (χ1) is 9.31. The highest BCUT2D eigenvalue weighted by Gasteiger charge is 2.17. The molecule has 0 radical (unpaired) electrons. The molecular weight excluding hydrogens is 241 g/mol. The van der Waals surface area contributed by atoms with Gasteiger partial charge >= 0.3 is 0 Å². The summed E-state index contributed by atoms with van der Waals surface area (Å²) in [5.74, 6) is 0.00263. The summed E-state index contributed by atoms with van der Waals surface area (Å²) in [5.41, 5.74) is 4.07. The van der Waals surface area contributed by atoms with Crippen LogP contribution in [-0.2, 0) is 13.0 Å². The zero-order chi connectivity index (χ0) is 13.2. The molecule has 0 unspecified atom stereocenters. The summed E-state index contributed by atoms with van der Waals surface area (Å²) in [6.07, 6.45) is 0.995. The third-order valence-electron chi connectivity index (χ3n) is 3.62. The Balaban J connectivity index is 2.17. The van der Waals surface area contributed by atoms with E-state index in [1.165, 1.54) is 18.2 Å². The minimum atomic E-state index is -0.288. The molecule has 1 heterocycles. The molecule has 0 spiro atoms. The molecule has 1 N–H and O–H groups in total. The van der Waals surface area contributed by atoms with Gasteiger partial charge in [-0.05, 0) is 35.7 Å². The van der Waals surface area contributed by atoms with Crippen LogP contribution < -0.4 is 10.1 Å². The molecule has 1 aliphatic rings. The minimum absolute atomic E-state index is 0.288. The predicted molar refractivity (Wildman–Crippen MR) is 73.8 cm³/mol. The number of nitrogens with one attached hydrogen (secondary N) is 1. The Kier molecular flexibility index (Phi) is 3.22. The smallest absolute Gasteiger partial charge is 0.172 e. The Hall–Kier alpha value is -1.87. The quantitative estimate of drug-likeness (QED) is 0.892. The second-order valence-corrected chi connectivity index (χ2v) is 4.69. The van der Waals surface area contributed by atoms with Crippen LogP contribution in [0.4, 0.5) is 4.39 Å². The number of hydrogen-bond donors (Lipinski definition) is 1. The first-order valence-electron chi connectivity index (χ1n) is 6.45. The van der Waals surface area contributed by atoms with Crippen LogP contribution in [-0.4, -0.2) is 13.7 Å². The van der Waals surface area contributed by atoms with Crippen molar-refractivity contribution in [2.24, 2.45) is 0 Å². The van der Waals surface area contributed by atoms with E-state index in [1.54, 1.807) is 6.07 Å². The van der Waals surface area contributed by atoms with Crippen molar-refractivity contribution in [3.8, 4) is 16.9 Å². The van der Waals surface area contributed by atoms with Crippen LogP contribution in [0.5, 0.6) is 5.75 Å². The predicted octanol–water partition coefficient (Wildman–Crippen LogP) is 3.15. The van der Waals surface area contributed by atoms with E-state index in [9.17, 15) is 4.39 Å². The minimum Gasteiger partial charge on any atom is -0.494 e. The van der Waals surface area contributed by atoms with Crippen molar-refractivity contribution in [3.63, 3.8) is 0 Å². The summed E-state index contributed by atoms with van der Waals surface area (Å²) in [7, 11) is 1.49. The van der Waals surface area contributed by atoms with Crippen LogP contribution in [0.2, 0.25) is 0 Å².